The zero-order chi connectivity index (χ0) is 20.1. The fourth-order valence-corrected chi connectivity index (χ4v) is 2.64. The Balaban J connectivity index is 1.72. The van der Waals surface area contributed by atoms with Gasteiger partial charge >= 0.3 is 0 Å². The molecule has 6 nitrogen and oxygen atoms in total. The van der Waals surface area contributed by atoms with Crippen LogP contribution in [-0.4, -0.2) is 22.0 Å². The molecule has 2 N–H and O–H groups in total. The van der Waals surface area contributed by atoms with Gasteiger partial charge in [-0.05, 0) is 69.3 Å². The highest BCUT2D eigenvalue weighted by molar-refractivity contribution is 6.30. The number of benzene rings is 2. The monoisotopic (exact) mass is 396 g/mol. The number of nitrogens with one attached hydrogen (secondary N) is 2. The predicted molar refractivity (Wildman–Crippen MR) is 112 cm³/mol. The first-order valence-electron chi connectivity index (χ1n) is 8.85. The molecule has 0 radical (unpaired) electrons. The summed E-state index contributed by atoms with van der Waals surface area (Å²) in [6, 6.07) is 16.0. The maximum absolute atomic E-state index is 12.6. The molecular weight excluding hydrogens is 376 g/mol. The summed E-state index contributed by atoms with van der Waals surface area (Å²) in [4.78, 5) is 21.2. The van der Waals surface area contributed by atoms with Crippen molar-refractivity contribution in [3.63, 3.8) is 0 Å². The number of hydrogen-bond donors (Lipinski definition) is 2. The first-order valence-corrected chi connectivity index (χ1v) is 9.23. The highest BCUT2D eigenvalue weighted by Gasteiger charge is 2.11. The molecule has 0 unspecified atom stereocenters. The van der Waals surface area contributed by atoms with E-state index in [4.69, 9.17) is 16.3 Å². The number of aromatic nitrogens is 2. The third-order valence-electron chi connectivity index (χ3n) is 3.67. The summed E-state index contributed by atoms with van der Waals surface area (Å²) >= 11 is 5.90. The molecule has 2 aromatic carbocycles. The van der Waals surface area contributed by atoms with Crippen LogP contribution in [0.1, 0.15) is 30.2 Å². The summed E-state index contributed by atoms with van der Waals surface area (Å²) in [7, 11) is 0. The van der Waals surface area contributed by atoms with Crippen LogP contribution in [0.2, 0.25) is 5.02 Å². The van der Waals surface area contributed by atoms with Gasteiger partial charge in [-0.25, -0.2) is 9.97 Å². The van der Waals surface area contributed by atoms with Crippen LogP contribution in [0.4, 0.5) is 17.2 Å². The molecule has 1 aromatic heterocycles. The highest BCUT2D eigenvalue weighted by Crippen LogP contribution is 2.20. The smallest absolute Gasteiger partial charge is 0.274 e. The number of carbonyl (C=O) groups is 1. The van der Waals surface area contributed by atoms with E-state index in [0.717, 1.165) is 11.4 Å². The van der Waals surface area contributed by atoms with Crippen molar-refractivity contribution in [2.45, 2.75) is 26.9 Å². The molecule has 0 saturated carbocycles. The van der Waals surface area contributed by atoms with Crippen LogP contribution >= 0.6 is 11.6 Å². The lowest BCUT2D eigenvalue weighted by atomic mass is 10.2. The number of nitrogens with zero attached hydrogens (tertiary/aromatic N) is 2. The normalized spacial score (nSPS) is 10.6. The Morgan fingerprint density at radius 1 is 1.00 bits per heavy atom. The van der Waals surface area contributed by atoms with Crippen LogP contribution in [0.25, 0.3) is 0 Å². The molecule has 0 saturated heterocycles. The van der Waals surface area contributed by atoms with E-state index in [1.807, 2.05) is 38.1 Å². The van der Waals surface area contributed by atoms with Gasteiger partial charge in [0.25, 0.3) is 5.91 Å². The van der Waals surface area contributed by atoms with E-state index in [9.17, 15) is 4.79 Å². The highest BCUT2D eigenvalue weighted by atomic mass is 35.5. The van der Waals surface area contributed by atoms with E-state index in [0.29, 0.717) is 22.4 Å². The number of amides is 1. The van der Waals surface area contributed by atoms with Gasteiger partial charge in [-0.2, -0.15) is 0 Å². The minimum absolute atomic E-state index is 0.0935. The van der Waals surface area contributed by atoms with Gasteiger partial charge in [0.1, 0.15) is 23.1 Å². The molecule has 0 spiro atoms. The van der Waals surface area contributed by atoms with Crippen LogP contribution in [0.5, 0.6) is 5.75 Å². The topological polar surface area (TPSA) is 76.1 Å². The Hall–Kier alpha value is -3.12. The van der Waals surface area contributed by atoms with Gasteiger partial charge in [0.05, 0.1) is 6.10 Å². The van der Waals surface area contributed by atoms with E-state index in [-0.39, 0.29) is 17.7 Å². The standard InChI is InChI=1S/C21H21ClN4O2/c1-13(2)28-18-10-8-17(9-11-18)26-21(27)19-12-20(24-14(3)23-19)25-16-6-4-15(22)5-7-16/h4-13H,1-3H3,(H,26,27)(H,23,24,25). The van der Waals surface area contributed by atoms with E-state index < -0.39 is 0 Å². The fourth-order valence-electron chi connectivity index (χ4n) is 2.51. The second-order valence-electron chi connectivity index (χ2n) is 6.46. The van der Waals surface area contributed by atoms with Crippen LogP contribution in [-0.2, 0) is 0 Å². The molecule has 0 aliphatic heterocycles. The third-order valence-corrected chi connectivity index (χ3v) is 3.92. The molecule has 3 rings (SSSR count). The molecule has 1 amide bonds. The average molecular weight is 397 g/mol. The van der Waals surface area contributed by atoms with Crippen molar-refractivity contribution in [2.24, 2.45) is 0 Å². The molecule has 0 bridgehead atoms. The number of aryl methyl sites for hydroxylation is 1. The van der Waals surface area contributed by atoms with Crippen molar-refractivity contribution >= 4 is 34.7 Å². The van der Waals surface area contributed by atoms with Gasteiger partial charge in [-0.15, -0.1) is 0 Å². The van der Waals surface area contributed by atoms with Gasteiger partial charge in [-0.3, -0.25) is 4.79 Å². The minimum Gasteiger partial charge on any atom is -0.491 e. The van der Waals surface area contributed by atoms with Crippen LogP contribution in [0, 0.1) is 6.92 Å². The molecule has 0 aliphatic rings. The first-order chi connectivity index (χ1) is 13.4. The second kappa shape index (κ2) is 8.71. The number of halogens is 1. The summed E-state index contributed by atoms with van der Waals surface area (Å²) in [5.74, 6) is 1.45. The molecule has 3 aromatic rings. The van der Waals surface area contributed by atoms with Gasteiger partial charge in [-0.1, -0.05) is 11.6 Å². The Kier molecular flexibility index (Phi) is 6.11. The summed E-state index contributed by atoms with van der Waals surface area (Å²) in [5, 5.41) is 6.63. The largest absolute Gasteiger partial charge is 0.491 e. The zero-order valence-corrected chi connectivity index (χ0v) is 16.6. The quantitative estimate of drug-likeness (QED) is 0.597. The summed E-state index contributed by atoms with van der Waals surface area (Å²) < 4.78 is 5.60. The van der Waals surface area contributed by atoms with Gasteiger partial charge in [0, 0.05) is 22.5 Å². The lowest BCUT2D eigenvalue weighted by molar-refractivity contribution is 0.102. The SMILES string of the molecule is Cc1nc(Nc2ccc(Cl)cc2)cc(C(=O)Nc2ccc(OC(C)C)cc2)n1. The minimum atomic E-state index is -0.317. The van der Waals surface area contributed by atoms with Crippen LogP contribution in [0.3, 0.4) is 0 Å². The fraction of sp³-hybridized carbons (Fsp3) is 0.190. The van der Waals surface area contributed by atoms with Crippen molar-refractivity contribution in [3.05, 3.63) is 71.1 Å². The lowest BCUT2D eigenvalue weighted by Gasteiger charge is -2.11. The summed E-state index contributed by atoms with van der Waals surface area (Å²) in [5.41, 5.74) is 1.74. The van der Waals surface area contributed by atoms with Crippen LogP contribution < -0.4 is 15.4 Å². The van der Waals surface area contributed by atoms with Gasteiger partial charge in [0.15, 0.2) is 0 Å². The van der Waals surface area contributed by atoms with Crippen molar-refractivity contribution < 1.29 is 9.53 Å². The summed E-state index contributed by atoms with van der Waals surface area (Å²) in [6.45, 7) is 5.66. The number of anilines is 3. The molecule has 0 fully saturated rings. The van der Waals surface area contributed by atoms with Gasteiger partial charge < -0.3 is 15.4 Å². The van der Waals surface area contributed by atoms with Crippen molar-refractivity contribution in [2.75, 3.05) is 10.6 Å². The van der Waals surface area contributed by atoms with E-state index in [2.05, 4.69) is 20.6 Å². The maximum Gasteiger partial charge on any atom is 0.274 e. The molecule has 144 valence electrons. The zero-order valence-electron chi connectivity index (χ0n) is 15.9. The number of hydrogen-bond acceptors (Lipinski definition) is 5. The molecule has 7 heteroatoms. The number of carbonyl (C=O) groups excluding carboxylic acids is 1. The third kappa shape index (κ3) is 5.44. The first kappa shape index (κ1) is 19.6. The Morgan fingerprint density at radius 2 is 1.64 bits per heavy atom. The Labute approximate surface area is 168 Å². The Morgan fingerprint density at radius 3 is 2.29 bits per heavy atom. The summed E-state index contributed by atoms with van der Waals surface area (Å²) in [6.07, 6.45) is 0.0935. The number of ether oxygens (including phenoxy) is 1. The van der Waals surface area contributed by atoms with E-state index >= 15 is 0 Å². The molecular formula is C21H21ClN4O2. The molecule has 0 atom stereocenters. The predicted octanol–water partition coefficient (Wildman–Crippen LogP) is 5.22. The Bertz CT molecular complexity index is 957. The molecule has 1 heterocycles. The maximum atomic E-state index is 12.6. The van der Waals surface area contributed by atoms with Crippen LogP contribution in [0.15, 0.2) is 54.6 Å². The molecule has 28 heavy (non-hydrogen) atoms. The number of rotatable bonds is 6. The second-order valence-corrected chi connectivity index (χ2v) is 6.90. The van der Waals surface area contributed by atoms with Crippen molar-refractivity contribution in [1.29, 1.82) is 0 Å². The van der Waals surface area contributed by atoms with Crippen molar-refractivity contribution in [3.8, 4) is 5.75 Å². The van der Waals surface area contributed by atoms with E-state index in [1.165, 1.54) is 0 Å². The van der Waals surface area contributed by atoms with Crippen molar-refractivity contribution in [1.82, 2.24) is 9.97 Å². The lowest BCUT2D eigenvalue weighted by Crippen LogP contribution is -2.15. The van der Waals surface area contributed by atoms with E-state index in [1.54, 1.807) is 37.3 Å². The molecule has 0 aliphatic carbocycles. The van der Waals surface area contributed by atoms with Gasteiger partial charge in [0.2, 0.25) is 0 Å². The average Bonchev–Trinajstić information content (AvgIpc) is 2.64.